The molecule has 3 atom stereocenters. The molecule has 0 aromatic carbocycles. The molecule has 9 heteroatoms. The fourth-order valence-corrected chi connectivity index (χ4v) is 5.17. The van der Waals surface area contributed by atoms with Gasteiger partial charge in [-0.05, 0) is 25.7 Å². The summed E-state index contributed by atoms with van der Waals surface area (Å²) < 4.78 is 1.54. The van der Waals surface area contributed by atoms with Crippen molar-refractivity contribution in [3.05, 3.63) is 35.1 Å². The van der Waals surface area contributed by atoms with E-state index in [1.54, 1.807) is 30.5 Å². The van der Waals surface area contributed by atoms with E-state index in [1.165, 1.54) is 0 Å². The van der Waals surface area contributed by atoms with Crippen molar-refractivity contribution in [3.63, 3.8) is 0 Å². The number of aromatic nitrogens is 4. The van der Waals surface area contributed by atoms with Gasteiger partial charge in [-0.2, -0.15) is 5.10 Å². The fourth-order valence-electron chi connectivity index (χ4n) is 4.91. The van der Waals surface area contributed by atoms with Crippen molar-refractivity contribution in [2.45, 2.75) is 51.1 Å². The first kappa shape index (κ1) is 19.0. The number of aryl methyl sites for hydroxylation is 1. The fraction of sp³-hybridized carbons (Fsp3) is 0.579. The first-order valence-corrected chi connectivity index (χ1v) is 10.1. The van der Waals surface area contributed by atoms with Crippen LogP contribution in [0.4, 0.5) is 0 Å². The molecule has 150 valence electrons. The zero-order chi connectivity index (χ0) is 19.9. The number of halogens is 1. The Labute approximate surface area is 168 Å². The Bertz CT molecular complexity index is 879. The lowest BCUT2D eigenvalue weighted by molar-refractivity contribution is -0.132. The summed E-state index contributed by atoms with van der Waals surface area (Å²) in [5, 5.41) is 7.67. The van der Waals surface area contributed by atoms with Crippen LogP contribution in [-0.4, -0.2) is 55.1 Å². The molecule has 0 spiro atoms. The molecule has 28 heavy (non-hydrogen) atoms. The Morgan fingerprint density at radius 1 is 1.43 bits per heavy atom. The highest BCUT2D eigenvalue weighted by Crippen LogP contribution is 2.52. The molecule has 4 heterocycles. The van der Waals surface area contributed by atoms with E-state index in [0.29, 0.717) is 30.8 Å². The lowest BCUT2D eigenvalue weighted by Crippen LogP contribution is -2.50. The second-order valence-corrected chi connectivity index (χ2v) is 8.16. The minimum Gasteiger partial charge on any atom is -0.355 e. The second-order valence-electron chi connectivity index (χ2n) is 7.76. The zero-order valence-electron chi connectivity index (χ0n) is 16.1. The lowest BCUT2D eigenvalue weighted by Gasteiger charge is -2.35. The van der Waals surface area contributed by atoms with E-state index in [1.807, 2.05) is 11.8 Å². The van der Waals surface area contributed by atoms with Crippen LogP contribution < -0.4 is 5.32 Å². The van der Waals surface area contributed by atoms with Crippen molar-refractivity contribution >= 4 is 23.4 Å². The van der Waals surface area contributed by atoms with Gasteiger partial charge in [-0.15, -0.1) is 0 Å². The van der Waals surface area contributed by atoms with Crippen molar-refractivity contribution in [2.75, 3.05) is 6.54 Å². The molecule has 2 N–H and O–H groups in total. The molecule has 2 fully saturated rings. The number of amides is 2. The molecule has 4 rings (SSSR count). The smallest absolute Gasteiger partial charge is 0.276 e. The monoisotopic (exact) mass is 404 g/mol. The molecule has 8 nitrogen and oxygen atoms in total. The zero-order valence-corrected chi connectivity index (χ0v) is 16.9. The number of carbonyl (C=O) groups is 2. The van der Waals surface area contributed by atoms with Gasteiger partial charge in [0.1, 0.15) is 0 Å². The Balaban J connectivity index is 1.50. The van der Waals surface area contributed by atoms with Crippen LogP contribution in [0.2, 0.25) is 5.02 Å². The third kappa shape index (κ3) is 2.99. The molecule has 2 bridgehead atoms. The standard InChI is InChI=1S/C19H25ClN6O2/c1-3-19(18(28)22-7-6-12-9-21-11-23-12)8-13-4-5-15(19)26(13)17(27)16-14(20)10-25(2)24-16/h9-11,13,15H,3-8H2,1-2H3,(H,21,23)(H,22,28)/t13-,15+,19+/m1/s1. The number of H-pyrrole nitrogens is 1. The molecule has 0 unspecified atom stereocenters. The van der Waals surface area contributed by atoms with Crippen molar-refractivity contribution < 1.29 is 9.59 Å². The molecule has 2 saturated heterocycles. The van der Waals surface area contributed by atoms with Crippen LogP contribution in [0.3, 0.4) is 0 Å². The van der Waals surface area contributed by atoms with E-state index in [-0.39, 0.29) is 29.6 Å². The van der Waals surface area contributed by atoms with Crippen LogP contribution in [0.25, 0.3) is 0 Å². The molecular weight excluding hydrogens is 380 g/mol. The van der Waals surface area contributed by atoms with Crippen LogP contribution in [0.15, 0.2) is 18.7 Å². The lowest BCUT2D eigenvalue weighted by atomic mass is 9.71. The Morgan fingerprint density at radius 3 is 2.89 bits per heavy atom. The number of nitrogens with one attached hydrogen (secondary N) is 2. The highest BCUT2D eigenvalue weighted by Gasteiger charge is 2.60. The van der Waals surface area contributed by atoms with E-state index < -0.39 is 5.41 Å². The first-order chi connectivity index (χ1) is 13.5. The molecule has 0 radical (unpaired) electrons. The summed E-state index contributed by atoms with van der Waals surface area (Å²) in [6.45, 7) is 2.58. The number of hydrogen-bond acceptors (Lipinski definition) is 4. The van der Waals surface area contributed by atoms with Gasteiger partial charge in [0, 0.05) is 50.2 Å². The van der Waals surface area contributed by atoms with E-state index in [0.717, 1.165) is 18.5 Å². The van der Waals surface area contributed by atoms with E-state index in [2.05, 4.69) is 20.4 Å². The van der Waals surface area contributed by atoms with E-state index in [4.69, 9.17) is 11.6 Å². The van der Waals surface area contributed by atoms with Gasteiger partial charge in [0.2, 0.25) is 5.91 Å². The Morgan fingerprint density at radius 2 is 2.25 bits per heavy atom. The Hall–Kier alpha value is -2.35. The molecule has 2 aliphatic heterocycles. The van der Waals surface area contributed by atoms with Crippen LogP contribution in [0.5, 0.6) is 0 Å². The topological polar surface area (TPSA) is 95.9 Å². The van der Waals surface area contributed by atoms with Crippen molar-refractivity contribution in [1.29, 1.82) is 0 Å². The van der Waals surface area contributed by atoms with Crippen LogP contribution >= 0.6 is 11.6 Å². The minimum atomic E-state index is -0.548. The summed E-state index contributed by atoms with van der Waals surface area (Å²) in [4.78, 5) is 35.2. The van der Waals surface area contributed by atoms with Crippen molar-refractivity contribution in [3.8, 4) is 0 Å². The van der Waals surface area contributed by atoms with Gasteiger partial charge in [0.25, 0.3) is 5.91 Å². The maximum Gasteiger partial charge on any atom is 0.276 e. The van der Waals surface area contributed by atoms with Gasteiger partial charge in [0.15, 0.2) is 5.69 Å². The van der Waals surface area contributed by atoms with Gasteiger partial charge in [-0.3, -0.25) is 14.3 Å². The van der Waals surface area contributed by atoms with Gasteiger partial charge in [-0.1, -0.05) is 18.5 Å². The van der Waals surface area contributed by atoms with Crippen LogP contribution in [0, 0.1) is 5.41 Å². The third-order valence-corrected chi connectivity index (χ3v) is 6.56. The molecule has 2 aliphatic rings. The summed E-state index contributed by atoms with van der Waals surface area (Å²) in [6, 6.07) is -0.0471. The summed E-state index contributed by atoms with van der Waals surface area (Å²) in [6.07, 6.45) is 8.87. The average Bonchev–Trinajstić information content (AvgIpc) is 3.44. The predicted molar refractivity (Wildman–Crippen MR) is 104 cm³/mol. The van der Waals surface area contributed by atoms with Crippen molar-refractivity contribution in [2.24, 2.45) is 12.5 Å². The number of rotatable bonds is 6. The molecule has 0 saturated carbocycles. The summed E-state index contributed by atoms with van der Waals surface area (Å²) in [5.74, 6) is -0.134. The average molecular weight is 405 g/mol. The van der Waals surface area contributed by atoms with Gasteiger partial charge < -0.3 is 15.2 Å². The van der Waals surface area contributed by atoms with Crippen molar-refractivity contribution in [1.82, 2.24) is 30.0 Å². The molecule has 2 aromatic rings. The predicted octanol–water partition coefficient (Wildman–Crippen LogP) is 1.93. The molecule has 2 amide bonds. The van der Waals surface area contributed by atoms with Gasteiger partial charge >= 0.3 is 0 Å². The van der Waals surface area contributed by atoms with E-state index in [9.17, 15) is 9.59 Å². The molecule has 0 aliphatic carbocycles. The molecular formula is C19H25ClN6O2. The third-order valence-electron chi connectivity index (χ3n) is 6.28. The SMILES string of the molecule is CC[C@]1(C(=O)NCCc2cnc[nH]2)C[C@H]2CC[C@@H]1N2C(=O)c1nn(C)cc1Cl. The second kappa shape index (κ2) is 7.24. The number of nitrogens with zero attached hydrogens (tertiary/aromatic N) is 4. The number of imidazole rings is 1. The maximum absolute atomic E-state index is 13.2. The van der Waals surface area contributed by atoms with Gasteiger partial charge in [-0.25, -0.2) is 4.98 Å². The summed E-state index contributed by atoms with van der Waals surface area (Å²) in [7, 11) is 1.74. The largest absolute Gasteiger partial charge is 0.355 e. The Kier molecular flexibility index (Phi) is 4.91. The normalized spacial score (nSPS) is 26.0. The number of fused-ring (bicyclic) bond motifs is 2. The van der Waals surface area contributed by atoms with Crippen LogP contribution in [-0.2, 0) is 18.3 Å². The highest BCUT2D eigenvalue weighted by molar-refractivity contribution is 6.33. The van der Waals surface area contributed by atoms with Crippen LogP contribution in [0.1, 0.15) is 48.8 Å². The van der Waals surface area contributed by atoms with Gasteiger partial charge in [0.05, 0.1) is 16.8 Å². The minimum absolute atomic E-state index is 0.0339. The number of carbonyl (C=O) groups excluding carboxylic acids is 2. The summed E-state index contributed by atoms with van der Waals surface area (Å²) >= 11 is 6.20. The quantitative estimate of drug-likeness (QED) is 0.768. The first-order valence-electron chi connectivity index (χ1n) is 9.73. The van der Waals surface area contributed by atoms with E-state index >= 15 is 0 Å². The maximum atomic E-state index is 13.2. The highest BCUT2D eigenvalue weighted by atomic mass is 35.5. The number of hydrogen-bond donors (Lipinski definition) is 2. The number of aromatic amines is 1. The molecule has 2 aromatic heterocycles. The summed E-state index contributed by atoms with van der Waals surface area (Å²) in [5.41, 5.74) is 0.710.